The molecule has 0 aliphatic rings. The number of H-pyrrole nitrogens is 1. The van der Waals surface area contributed by atoms with Crippen LogP contribution in [-0.2, 0) is 6.61 Å². The molecule has 0 unspecified atom stereocenters. The molecule has 0 saturated carbocycles. The molecule has 1 aromatic heterocycles. The number of esters is 1. The number of benzene rings is 2. The zero-order chi connectivity index (χ0) is 17.6. The molecule has 3 aromatic rings. The predicted octanol–water partition coefficient (Wildman–Crippen LogP) is 3.83. The molecule has 0 atom stereocenters. The number of nitrogens with one attached hydrogen (secondary N) is 1. The van der Waals surface area contributed by atoms with E-state index in [2.05, 4.69) is 4.98 Å². The number of hydrogen-bond acceptors (Lipinski definition) is 4. The summed E-state index contributed by atoms with van der Waals surface area (Å²) in [6, 6.07) is 17.4. The summed E-state index contributed by atoms with van der Waals surface area (Å²) in [5, 5.41) is 0.149. The van der Waals surface area contributed by atoms with Crippen LogP contribution in [0.1, 0.15) is 15.9 Å². The molecular weight excluding hydrogens is 342 g/mol. The fraction of sp³-hybridized carbons (Fsp3) is 0.0526. The average molecular weight is 356 g/mol. The van der Waals surface area contributed by atoms with E-state index < -0.39 is 11.5 Å². The van der Waals surface area contributed by atoms with Gasteiger partial charge in [-0.2, -0.15) is 0 Å². The minimum absolute atomic E-state index is 0.0137. The van der Waals surface area contributed by atoms with Crippen LogP contribution in [-0.4, -0.2) is 11.0 Å². The molecule has 0 fully saturated rings. The van der Waals surface area contributed by atoms with Gasteiger partial charge in [-0.15, -0.1) is 0 Å². The Hall–Kier alpha value is -3.05. The smallest absolute Gasteiger partial charge is 0.343 e. The lowest BCUT2D eigenvalue weighted by atomic mass is 10.2. The highest BCUT2D eigenvalue weighted by Gasteiger charge is 2.12. The van der Waals surface area contributed by atoms with Gasteiger partial charge in [-0.3, -0.25) is 4.79 Å². The van der Waals surface area contributed by atoms with Gasteiger partial charge in [0.25, 0.3) is 5.56 Å². The lowest BCUT2D eigenvalue weighted by Crippen LogP contribution is -2.11. The zero-order valence-corrected chi connectivity index (χ0v) is 13.8. The van der Waals surface area contributed by atoms with Crippen LogP contribution in [0.15, 0.2) is 71.7 Å². The van der Waals surface area contributed by atoms with Crippen molar-refractivity contribution < 1.29 is 14.3 Å². The molecule has 0 aliphatic carbocycles. The minimum Gasteiger partial charge on any atom is -0.489 e. The van der Waals surface area contributed by atoms with Crippen LogP contribution in [0.4, 0.5) is 0 Å². The summed E-state index contributed by atoms with van der Waals surface area (Å²) < 4.78 is 10.8. The Morgan fingerprint density at radius 3 is 2.48 bits per heavy atom. The summed E-state index contributed by atoms with van der Waals surface area (Å²) in [7, 11) is 0. The van der Waals surface area contributed by atoms with Crippen LogP contribution in [0.5, 0.6) is 11.5 Å². The third kappa shape index (κ3) is 4.49. The number of aromatic amines is 1. The van der Waals surface area contributed by atoms with Crippen molar-refractivity contribution in [2.24, 2.45) is 0 Å². The van der Waals surface area contributed by atoms with Crippen LogP contribution >= 0.6 is 11.6 Å². The monoisotopic (exact) mass is 355 g/mol. The van der Waals surface area contributed by atoms with Gasteiger partial charge in [0, 0.05) is 12.3 Å². The third-order valence-corrected chi connectivity index (χ3v) is 3.68. The van der Waals surface area contributed by atoms with Crippen molar-refractivity contribution >= 4 is 17.6 Å². The van der Waals surface area contributed by atoms with Gasteiger partial charge in [-0.1, -0.05) is 41.9 Å². The molecule has 0 amide bonds. The number of aromatic nitrogens is 1. The standard InChI is InChI=1S/C19H14ClNO4/c20-16-11-21-18(22)10-17(16)25-19(23)14-6-8-15(9-7-14)24-12-13-4-2-1-3-5-13/h1-11H,12H2,(H,21,22). The summed E-state index contributed by atoms with van der Waals surface area (Å²) in [4.78, 5) is 25.8. The molecule has 0 radical (unpaired) electrons. The number of pyridine rings is 1. The molecule has 0 spiro atoms. The SMILES string of the molecule is O=C(Oc1cc(=O)[nH]cc1Cl)c1ccc(OCc2ccccc2)cc1. The van der Waals surface area contributed by atoms with Crippen molar-refractivity contribution in [3.63, 3.8) is 0 Å². The number of carbonyl (C=O) groups is 1. The van der Waals surface area contributed by atoms with E-state index >= 15 is 0 Å². The van der Waals surface area contributed by atoms with Crippen LogP contribution in [0.2, 0.25) is 5.02 Å². The van der Waals surface area contributed by atoms with Crippen molar-refractivity contribution in [3.8, 4) is 11.5 Å². The van der Waals surface area contributed by atoms with Crippen molar-refractivity contribution in [3.05, 3.63) is 93.4 Å². The third-order valence-electron chi connectivity index (χ3n) is 3.38. The molecule has 0 bridgehead atoms. The van der Waals surface area contributed by atoms with Gasteiger partial charge >= 0.3 is 5.97 Å². The summed E-state index contributed by atoms with van der Waals surface area (Å²) in [5.41, 5.74) is 0.968. The Kier molecular flexibility index (Phi) is 5.16. The number of hydrogen-bond donors (Lipinski definition) is 1. The van der Waals surface area contributed by atoms with E-state index in [0.717, 1.165) is 11.6 Å². The number of ether oxygens (including phenoxy) is 2. The first-order valence-corrected chi connectivity index (χ1v) is 7.87. The number of rotatable bonds is 5. The Labute approximate surface area is 148 Å². The molecule has 3 rings (SSSR count). The summed E-state index contributed by atoms with van der Waals surface area (Å²) in [5.74, 6) is 0.0384. The maximum atomic E-state index is 12.1. The van der Waals surface area contributed by atoms with Gasteiger partial charge in [0.05, 0.1) is 10.6 Å². The van der Waals surface area contributed by atoms with Gasteiger partial charge in [-0.05, 0) is 29.8 Å². The second-order valence-corrected chi connectivity index (χ2v) is 5.60. The first kappa shape index (κ1) is 16.8. The van der Waals surface area contributed by atoms with Crippen LogP contribution in [0, 0.1) is 0 Å². The molecule has 0 aliphatic heterocycles. The van der Waals surface area contributed by atoms with Crippen molar-refractivity contribution in [1.82, 2.24) is 4.98 Å². The molecular formula is C19H14ClNO4. The molecule has 1 heterocycles. The molecule has 1 N–H and O–H groups in total. The van der Waals surface area contributed by atoms with Crippen molar-refractivity contribution in [2.75, 3.05) is 0 Å². The van der Waals surface area contributed by atoms with Gasteiger partial charge in [0.15, 0.2) is 5.75 Å². The maximum Gasteiger partial charge on any atom is 0.343 e. The highest BCUT2D eigenvalue weighted by Crippen LogP contribution is 2.22. The molecule has 6 heteroatoms. The Bertz CT molecular complexity index is 920. The first-order valence-electron chi connectivity index (χ1n) is 7.49. The highest BCUT2D eigenvalue weighted by atomic mass is 35.5. The van der Waals surface area contributed by atoms with E-state index in [1.165, 1.54) is 6.20 Å². The second kappa shape index (κ2) is 7.68. The summed E-state index contributed by atoms with van der Waals surface area (Å²) >= 11 is 5.89. The van der Waals surface area contributed by atoms with Gasteiger partial charge in [0.2, 0.25) is 0 Å². The zero-order valence-electron chi connectivity index (χ0n) is 13.1. The van der Waals surface area contributed by atoms with Crippen LogP contribution < -0.4 is 15.0 Å². The van der Waals surface area contributed by atoms with E-state index in [1.54, 1.807) is 24.3 Å². The van der Waals surface area contributed by atoms with Crippen molar-refractivity contribution in [1.29, 1.82) is 0 Å². The molecule has 126 valence electrons. The van der Waals surface area contributed by atoms with E-state index in [0.29, 0.717) is 17.9 Å². The Morgan fingerprint density at radius 2 is 1.76 bits per heavy atom. The minimum atomic E-state index is -0.609. The predicted molar refractivity (Wildman–Crippen MR) is 94.2 cm³/mol. The normalized spacial score (nSPS) is 10.3. The second-order valence-electron chi connectivity index (χ2n) is 5.20. The highest BCUT2D eigenvalue weighted by molar-refractivity contribution is 6.32. The Balaban J connectivity index is 1.64. The molecule has 5 nitrogen and oxygen atoms in total. The van der Waals surface area contributed by atoms with E-state index in [-0.39, 0.29) is 10.8 Å². The van der Waals surface area contributed by atoms with E-state index in [4.69, 9.17) is 21.1 Å². The van der Waals surface area contributed by atoms with Gasteiger partial charge in [0.1, 0.15) is 12.4 Å². The van der Waals surface area contributed by atoms with Gasteiger partial charge in [-0.25, -0.2) is 4.79 Å². The van der Waals surface area contributed by atoms with E-state index in [1.807, 2.05) is 30.3 Å². The van der Waals surface area contributed by atoms with E-state index in [9.17, 15) is 9.59 Å². The summed E-state index contributed by atoms with van der Waals surface area (Å²) in [6.07, 6.45) is 1.27. The number of carbonyl (C=O) groups excluding carboxylic acids is 1. The average Bonchev–Trinajstić information content (AvgIpc) is 2.64. The molecule has 25 heavy (non-hydrogen) atoms. The summed E-state index contributed by atoms with van der Waals surface area (Å²) in [6.45, 7) is 0.438. The quantitative estimate of drug-likeness (QED) is 0.706. The lowest BCUT2D eigenvalue weighted by Gasteiger charge is -2.08. The number of halogens is 1. The maximum absolute atomic E-state index is 12.1. The van der Waals surface area contributed by atoms with Crippen LogP contribution in [0.3, 0.4) is 0 Å². The van der Waals surface area contributed by atoms with Crippen LogP contribution in [0.25, 0.3) is 0 Å². The molecule has 0 saturated heterocycles. The fourth-order valence-corrected chi connectivity index (χ4v) is 2.25. The topological polar surface area (TPSA) is 68.4 Å². The largest absolute Gasteiger partial charge is 0.489 e. The fourth-order valence-electron chi connectivity index (χ4n) is 2.10. The van der Waals surface area contributed by atoms with Gasteiger partial charge < -0.3 is 14.5 Å². The van der Waals surface area contributed by atoms with Crippen molar-refractivity contribution in [2.45, 2.75) is 6.61 Å². The Morgan fingerprint density at radius 1 is 1.04 bits per heavy atom. The first-order chi connectivity index (χ1) is 12.1. The molecule has 2 aromatic carbocycles. The lowest BCUT2D eigenvalue weighted by molar-refractivity contribution is 0.0734.